The van der Waals surface area contributed by atoms with E-state index in [9.17, 15) is 18.0 Å². The van der Waals surface area contributed by atoms with Crippen molar-refractivity contribution >= 4 is 11.5 Å². The number of nitrogens with zero attached hydrogens (tertiary/aromatic N) is 1. The van der Waals surface area contributed by atoms with Gasteiger partial charge in [0.15, 0.2) is 0 Å². The van der Waals surface area contributed by atoms with E-state index < -0.39 is 11.7 Å². The summed E-state index contributed by atoms with van der Waals surface area (Å²) in [4.78, 5) is 16.4. The Kier molecular flexibility index (Phi) is 8.73. The van der Waals surface area contributed by atoms with E-state index in [1.54, 1.807) is 19.9 Å². The number of unbranched alkanes of at least 4 members (excludes halogenated alkanes) is 1. The predicted octanol–water partition coefficient (Wildman–Crippen LogP) is 7.38. The largest absolute Gasteiger partial charge is 0.487 e. The lowest BCUT2D eigenvalue weighted by Crippen LogP contribution is -2.04. The van der Waals surface area contributed by atoms with E-state index in [0.717, 1.165) is 42.5 Å². The first-order chi connectivity index (χ1) is 16.7. The fourth-order valence-corrected chi connectivity index (χ4v) is 3.42. The number of allylic oxidation sites excluding steroid dienone is 1. The maximum absolute atomic E-state index is 12.8. The van der Waals surface area contributed by atoms with Crippen LogP contribution in [0.2, 0.25) is 0 Å². The molecule has 0 saturated heterocycles. The van der Waals surface area contributed by atoms with Gasteiger partial charge in [-0.3, -0.25) is 0 Å². The minimum Gasteiger partial charge on any atom is -0.487 e. The molecule has 0 spiro atoms. The Morgan fingerprint density at radius 3 is 2.51 bits per heavy atom. The molecule has 0 bridgehead atoms. The lowest BCUT2D eigenvalue weighted by atomic mass is 9.99. The maximum atomic E-state index is 12.8. The molecular formula is C27H28F3NO4. The number of oxazole rings is 1. The molecule has 1 aromatic heterocycles. The van der Waals surface area contributed by atoms with Crippen molar-refractivity contribution < 1.29 is 31.9 Å². The summed E-state index contributed by atoms with van der Waals surface area (Å²) in [6.07, 6.45) is -0.223. The van der Waals surface area contributed by atoms with Crippen LogP contribution in [0, 0.1) is 6.92 Å². The first-order valence-corrected chi connectivity index (χ1v) is 11.5. The Hall–Kier alpha value is -3.55. The van der Waals surface area contributed by atoms with Gasteiger partial charge in [0.25, 0.3) is 0 Å². The number of aromatic nitrogens is 1. The number of alkyl halides is 3. The molecule has 0 amide bonds. The van der Waals surface area contributed by atoms with Gasteiger partial charge in [-0.25, -0.2) is 9.78 Å². The highest BCUT2D eigenvalue weighted by molar-refractivity contribution is 5.91. The van der Waals surface area contributed by atoms with Crippen molar-refractivity contribution in [2.75, 3.05) is 6.61 Å². The SMILES string of the molecule is CCCC/C(=C\C(=O)OCC)c1cccc(OCc2nc(-c3ccc(C(F)(F)F)cc3)oc2C)c1. The van der Waals surface area contributed by atoms with Crippen LogP contribution in [-0.4, -0.2) is 17.6 Å². The molecule has 0 N–H and O–H groups in total. The van der Waals surface area contributed by atoms with Crippen molar-refractivity contribution in [1.82, 2.24) is 4.98 Å². The fourth-order valence-electron chi connectivity index (χ4n) is 3.42. The number of carbonyl (C=O) groups excluding carboxylic acids is 1. The summed E-state index contributed by atoms with van der Waals surface area (Å²) in [6, 6.07) is 12.1. The van der Waals surface area contributed by atoms with Crippen molar-refractivity contribution in [2.45, 2.75) is 52.8 Å². The maximum Gasteiger partial charge on any atom is 0.416 e. The molecule has 8 heteroatoms. The highest BCUT2D eigenvalue weighted by Gasteiger charge is 2.30. The van der Waals surface area contributed by atoms with Crippen molar-refractivity contribution in [3.8, 4) is 17.2 Å². The topological polar surface area (TPSA) is 61.6 Å². The number of hydrogen-bond donors (Lipinski definition) is 0. The van der Waals surface area contributed by atoms with Gasteiger partial charge in [-0.05, 0) is 74.2 Å². The van der Waals surface area contributed by atoms with Crippen molar-refractivity contribution in [3.05, 3.63) is 77.2 Å². The Morgan fingerprint density at radius 2 is 1.86 bits per heavy atom. The fraction of sp³-hybridized carbons (Fsp3) is 0.333. The number of aryl methyl sites for hydroxylation is 1. The number of esters is 1. The highest BCUT2D eigenvalue weighted by atomic mass is 19.4. The molecule has 0 aliphatic carbocycles. The molecule has 3 aromatic rings. The van der Waals surface area contributed by atoms with E-state index in [1.165, 1.54) is 18.2 Å². The van der Waals surface area contributed by atoms with Gasteiger partial charge in [-0.1, -0.05) is 25.5 Å². The molecule has 0 aliphatic heterocycles. The summed E-state index contributed by atoms with van der Waals surface area (Å²) in [5.74, 6) is 0.955. The van der Waals surface area contributed by atoms with Crippen LogP contribution in [0.15, 0.2) is 59.0 Å². The van der Waals surface area contributed by atoms with Crippen LogP contribution in [-0.2, 0) is 22.3 Å². The summed E-state index contributed by atoms with van der Waals surface area (Å²) in [6.45, 7) is 6.00. The van der Waals surface area contributed by atoms with Crippen molar-refractivity contribution in [1.29, 1.82) is 0 Å². The number of halogens is 3. The van der Waals surface area contributed by atoms with Crippen LogP contribution in [0.1, 0.15) is 55.7 Å². The van der Waals surface area contributed by atoms with Gasteiger partial charge >= 0.3 is 12.1 Å². The standard InChI is InChI=1S/C27H28F3NO4/c1-4-6-8-21(16-25(32)33-5-2)20-9-7-10-23(15-20)34-17-24-18(3)35-26(31-24)19-11-13-22(14-12-19)27(28,29)30/h7,9-16H,4-6,8,17H2,1-3H3/b21-16+. The summed E-state index contributed by atoms with van der Waals surface area (Å²) < 4.78 is 55.1. The molecule has 0 atom stereocenters. The first-order valence-electron chi connectivity index (χ1n) is 11.5. The van der Waals surface area contributed by atoms with Crippen LogP contribution < -0.4 is 4.74 Å². The van der Waals surface area contributed by atoms with E-state index in [4.69, 9.17) is 13.9 Å². The number of ether oxygens (including phenoxy) is 2. The predicted molar refractivity (Wildman–Crippen MR) is 127 cm³/mol. The van der Waals surface area contributed by atoms with Crippen LogP contribution in [0.5, 0.6) is 5.75 Å². The zero-order valence-corrected chi connectivity index (χ0v) is 19.9. The zero-order chi connectivity index (χ0) is 25.4. The van der Waals surface area contributed by atoms with E-state index in [2.05, 4.69) is 11.9 Å². The first kappa shape index (κ1) is 26.1. The second-order valence-electron chi connectivity index (χ2n) is 7.94. The lowest BCUT2D eigenvalue weighted by Gasteiger charge is -2.10. The molecular weight excluding hydrogens is 459 g/mol. The number of benzene rings is 2. The van der Waals surface area contributed by atoms with E-state index in [1.807, 2.05) is 18.2 Å². The van der Waals surface area contributed by atoms with Gasteiger partial charge in [0.1, 0.15) is 23.8 Å². The number of hydrogen-bond acceptors (Lipinski definition) is 5. The minimum absolute atomic E-state index is 0.116. The normalized spacial score (nSPS) is 12.0. The number of rotatable bonds is 10. The van der Waals surface area contributed by atoms with Gasteiger partial charge in [-0.2, -0.15) is 13.2 Å². The molecule has 186 valence electrons. The molecule has 2 aromatic carbocycles. The average molecular weight is 488 g/mol. The van der Waals surface area contributed by atoms with Gasteiger partial charge in [0, 0.05) is 11.6 Å². The Labute approximate surface area is 202 Å². The third-order valence-corrected chi connectivity index (χ3v) is 5.31. The van der Waals surface area contributed by atoms with E-state index >= 15 is 0 Å². The lowest BCUT2D eigenvalue weighted by molar-refractivity contribution is -0.138. The van der Waals surface area contributed by atoms with Gasteiger partial charge in [-0.15, -0.1) is 0 Å². The van der Waals surface area contributed by atoms with Crippen LogP contribution >= 0.6 is 0 Å². The van der Waals surface area contributed by atoms with Gasteiger partial charge in [0.2, 0.25) is 5.89 Å². The van der Waals surface area contributed by atoms with Crippen molar-refractivity contribution in [2.24, 2.45) is 0 Å². The number of carbonyl (C=O) groups is 1. The molecule has 0 radical (unpaired) electrons. The Balaban J connectivity index is 1.74. The van der Waals surface area contributed by atoms with Crippen molar-refractivity contribution in [3.63, 3.8) is 0 Å². The van der Waals surface area contributed by atoms with Crippen LogP contribution in [0.25, 0.3) is 17.0 Å². The van der Waals surface area contributed by atoms with Crippen LogP contribution in [0.4, 0.5) is 13.2 Å². The van der Waals surface area contributed by atoms with E-state index in [-0.39, 0.29) is 18.5 Å². The molecule has 0 unspecified atom stereocenters. The molecule has 0 aliphatic rings. The Bertz CT molecular complexity index is 1160. The molecule has 0 fully saturated rings. The molecule has 0 saturated carbocycles. The zero-order valence-electron chi connectivity index (χ0n) is 19.9. The molecule has 3 rings (SSSR count). The minimum atomic E-state index is -4.40. The van der Waals surface area contributed by atoms with Gasteiger partial charge < -0.3 is 13.9 Å². The summed E-state index contributed by atoms with van der Waals surface area (Å²) in [7, 11) is 0. The average Bonchev–Trinajstić information content (AvgIpc) is 3.20. The van der Waals surface area contributed by atoms with Gasteiger partial charge in [0.05, 0.1) is 12.2 Å². The Morgan fingerprint density at radius 1 is 1.11 bits per heavy atom. The third kappa shape index (κ3) is 7.21. The molecule has 1 heterocycles. The monoisotopic (exact) mass is 487 g/mol. The smallest absolute Gasteiger partial charge is 0.416 e. The highest BCUT2D eigenvalue weighted by Crippen LogP contribution is 2.31. The quantitative estimate of drug-likeness (QED) is 0.220. The summed E-state index contributed by atoms with van der Waals surface area (Å²) >= 11 is 0. The second kappa shape index (κ2) is 11.7. The molecule has 35 heavy (non-hydrogen) atoms. The third-order valence-electron chi connectivity index (χ3n) is 5.31. The second-order valence-corrected chi connectivity index (χ2v) is 7.94. The summed E-state index contributed by atoms with van der Waals surface area (Å²) in [5.41, 5.74) is 1.99. The van der Waals surface area contributed by atoms with E-state index in [0.29, 0.717) is 29.4 Å². The summed E-state index contributed by atoms with van der Waals surface area (Å²) in [5, 5.41) is 0. The molecule has 5 nitrogen and oxygen atoms in total. The van der Waals surface area contributed by atoms with Crippen LogP contribution in [0.3, 0.4) is 0 Å².